The van der Waals surface area contributed by atoms with Crippen molar-refractivity contribution in [3.63, 3.8) is 0 Å². The molecule has 0 amide bonds. The molecule has 0 spiro atoms. The number of hydrogen-bond donors (Lipinski definition) is 0. The lowest BCUT2D eigenvalue weighted by Gasteiger charge is -2.34. The topological polar surface area (TPSA) is 19.4 Å². The standard InChI is InChI=1S/C22H33N3/c1-21(2,3)18-15-20(22(4,5)6)23-19-9-8-16(14-17(18)19)25-12-10-24(7)11-13-25/h8-9,14-15H,10-13H2,1-7H3. The summed E-state index contributed by atoms with van der Waals surface area (Å²) in [6.07, 6.45) is 0. The van der Waals surface area contributed by atoms with Crippen molar-refractivity contribution in [2.24, 2.45) is 0 Å². The number of anilines is 1. The lowest BCUT2D eigenvalue weighted by atomic mass is 9.81. The molecule has 0 unspecified atom stereocenters. The molecule has 3 nitrogen and oxygen atoms in total. The Morgan fingerprint density at radius 3 is 2.04 bits per heavy atom. The number of rotatable bonds is 1. The van der Waals surface area contributed by atoms with E-state index in [9.17, 15) is 0 Å². The van der Waals surface area contributed by atoms with Gasteiger partial charge < -0.3 is 9.80 Å². The number of benzene rings is 1. The van der Waals surface area contributed by atoms with E-state index in [1.165, 1.54) is 22.3 Å². The summed E-state index contributed by atoms with van der Waals surface area (Å²) in [6.45, 7) is 18.1. The number of piperazine rings is 1. The molecule has 1 saturated heterocycles. The van der Waals surface area contributed by atoms with E-state index in [0.29, 0.717) is 0 Å². The van der Waals surface area contributed by atoms with Gasteiger partial charge >= 0.3 is 0 Å². The summed E-state index contributed by atoms with van der Waals surface area (Å²) in [5.41, 5.74) is 5.19. The highest BCUT2D eigenvalue weighted by atomic mass is 15.2. The summed E-state index contributed by atoms with van der Waals surface area (Å²) in [6, 6.07) is 9.16. The lowest BCUT2D eigenvalue weighted by Crippen LogP contribution is -2.44. The molecule has 1 aliphatic rings. The molecular weight excluding hydrogens is 306 g/mol. The molecule has 2 heterocycles. The fraction of sp³-hybridized carbons (Fsp3) is 0.591. The van der Waals surface area contributed by atoms with Crippen LogP contribution in [-0.4, -0.2) is 43.1 Å². The predicted molar refractivity (Wildman–Crippen MR) is 109 cm³/mol. The van der Waals surface area contributed by atoms with Crippen molar-refractivity contribution in [1.82, 2.24) is 9.88 Å². The molecule has 25 heavy (non-hydrogen) atoms. The second-order valence-electron chi connectivity index (χ2n) is 9.55. The van der Waals surface area contributed by atoms with Crippen LogP contribution >= 0.6 is 0 Å². The highest BCUT2D eigenvalue weighted by Gasteiger charge is 2.24. The minimum absolute atomic E-state index is 0.0598. The molecule has 3 rings (SSSR count). The molecule has 136 valence electrons. The van der Waals surface area contributed by atoms with Gasteiger partial charge in [0.2, 0.25) is 0 Å². The normalized spacial score (nSPS) is 17.3. The maximum atomic E-state index is 4.99. The van der Waals surface area contributed by atoms with E-state index in [1.807, 2.05) is 0 Å². The average molecular weight is 340 g/mol. The van der Waals surface area contributed by atoms with Crippen LogP contribution in [0.3, 0.4) is 0 Å². The van der Waals surface area contributed by atoms with Gasteiger partial charge in [-0.05, 0) is 42.3 Å². The third-order valence-electron chi connectivity index (χ3n) is 5.24. The van der Waals surface area contributed by atoms with Crippen molar-refractivity contribution >= 4 is 16.6 Å². The minimum atomic E-state index is 0.0598. The second kappa shape index (κ2) is 6.28. The zero-order valence-corrected chi connectivity index (χ0v) is 17.0. The van der Waals surface area contributed by atoms with Crippen molar-refractivity contribution in [3.8, 4) is 0 Å². The average Bonchev–Trinajstić information content (AvgIpc) is 2.52. The summed E-state index contributed by atoms with van der Waals surface area (Å²) < 4.78 is 0. The fourth-order valence-corrected chi connectivity index (χ4v) is 3.48. The summed E-state index contributed by atoms with van der Waals surface area (Å²) in [5, 5.41) is 1.30. The molecule has 2 aromatic rings. The van der Waals surface area contributed by atoms with Crippen LogP contribution in [0, 0.1) is 0 Å². The zero-order chi connectivity index (χ0) is 18.4. The summed E-state index contributed by atoms with van der Waals surface area (Å²) >= 11 is 0. The highest BCUT2D eigenvalue weighted by molar-refractivity contribution is 5.87. The van der Waals surface area contributed by atoms with E-state index in [-0.39, 0.29) is 10.8 Å². The quantitative estimate of drug-likeness (QED) is 0.758. The Bertz CT molecular complexity index is 757. The molecule has 1 aliphatic heterocycles. The van der Waals surface area contributed by atoms with Crippen LogP contribution in [0.1, 0.15) is 52.8 Å². The van der Waals surface area contributed by atoms with Gasteiger partial charge in [0, 0.05) is 48.4 Å². The van der Waals surface area contributed by atoms with Crippen LogP contribution in [0.2, 0.25) is 0 Å². The van der Waals surface area contributed by atoms with E-state index in [4.69, 9.17) is 4.98 Å². The molecule has 0 N–H and O–H groups in total. The van der Waals surface area contributed by atoms with E-state index in [2.05, 4.69) is 82.7 Å². The van der Waals surface area contributed by atoms with Gasteiger partial charge in [0.25, 0.3) is 0 Å². The highest BCUT2D eigenvalue weighted by Crippen LogP contribution is 2.35. The van der Waals surface area contributed by atoms with Crippen molar-refractivity contribution in [2.75, 3.05) is 38.1 Å². The van der Waals surface area contributed by atoms with Gasteiger partial charge in [0.15, 0.2) is 0 Å². The Morgan fingerprint density at radius 2 is 1.48 bits per heavy atom. The first-order valence-electron chi connectivity index (χ1n) is 9.45. The molecule has 0 bridgehead atoms. The number of likely N-dealkylation sites (N-methyl/N-ethyl adjacent to an activating group) is 1. The van der Waals surface area contributed by atoms with Gasteiger partial charge in [-0.1, -0.05) is 41.5 Å². The maximum absolute atomic E-state index is 4.99. The number of hydrogen-bond acceptors (Lipinski definition) is 3. The maximum Gasteiger partial charge on any atom is 0.0710 e. The molecule has 0 radical (unpaired) electrons. The predicted octanol–water partition coefficient (Wildman–Crippen LogP) is 4.58. The van der Waals surface area contributed by atoms with Gasteiger partial charge in [0.1, 0.15) is 0 Å². The van der Waals surface area contributed by atoms with Crippen LogP contribution in [0.4, 0.5) is 5.69 Å². The van der Waals surface area contributed by atoms with Crippen LogP contribution in [0.5, 0.6) is 0 Å². The zero-order valence-electron chi connectivity index (χ0n) is 17.0. The SMILES string of the molecule is CN1CCN(c2ccc3nc(C(C)(C)C)cc(C(C)(C)C)c3c2)CC1. The van der Waals surface area contributed by atoms with E-state index in [1.54, 1.807) is 0 Å². The van der Waals surface area contributed by atoms with Gasteiger partial charge in [0.05, 0.1) is 5.52 Å². The van der Waals surface area contributed by atoms with Crippen LogP contribution in [0.25, 0.3) is 10.9 Å². The Morgan fingerprint density at radius 1 is 0.840 bits per heavy atom. The first-order chi connectivity index (χ1) is 11.6. The molecule has 0 saturated carbocycles. The Kier molecular flexibility index (Phi) is 4.57. The van der Waals surface area contributed by atoms with Crippen molar-refractivity contribution in [3.05, 3.63) is 35.5 Å². The van der Waals surface area contributed by atoms with Crippen molar-refractivity contribution in [1.29, 1.82) is 0 Å². The smallest absolute Gasteiger partial charge is 0.0710 e. The Balaban J connectivity index is 2.12. The summed E-state index contributed by atoms with van der Waals surface area (Å²) in [4.78, 5) is 9.89. The monoisotopic (exact) mass is 339 g/mol. The molecule has 0 aliphatic carbocycles. The van der Waals surface area contributed by atoms with Crippen molar-refractivity contribution in [2.45, 2.75) is 52.4 Å². The fourth-order valence-electron chi connectivity index (χ4n) is 3.48. The molecule has 1 aromatic heterocycles. The van der Waals surface area contributed by atoms with Gasteiger partial charge in [-0.15, -0.1) is 0 Å². The number of pyridine rings is 1. The molecule has 3 heteroatoms. The first-order valence-corrected chi connectivity index (χ1v) is 9.45. The molecular formula is C22H33N3. The van der Waals surface area contributed by atoms with Gasteiger partial charge in [-0.3, -0.25) is 4.98 Å². The van der Waals surface area contributed by atoms with Crippen molar-refractivity contribution < 1.29 is 0 Å². The largest absolute Gasteiger partial charge is 0.369 e. The van der Waals surface area contributed by atoms with E-state index >= 15 is 0 Å². The van der Waals surface area contributed by atoms with E-state index < -0.39 is 0 Å². The third kappa shape index (κ3) is 3.82. The first kappa shape index (κ1) is 18.2. The van der Waals surface area contributed by atoms with Gasteiger partial charge in [-0.2, -0.15) is 0 Å². The Hall–Kier alpha value is -1.61. The van der Waals surface area contributed by atoms with Crippen LogP contribution in [0.15, 0.2) is 24.3 Å². The van der Waals surface area contributed by atoms with Gasteiger partial charge in [-0.25, -0.2) is 0 Å². The summed E-state index contributed by atoms with van der Waals surface area (Å²) in [5.74, 6) is 0. The molecule has 0 atom stereocenters. The lowest BCUT2D eigenvalue weighted by molar-refractivity contribution is 0.313. The van der Waals surface area contributed by atoms with Crippen LogP contribution < -0.4 is 4.90 Å². The van der Waals surface area contributed by atoms with E-state index in [0.717, 1.165) is 31.7 Å². The molecule has 1 aromatic carbocycles. The number of nitrogens with zero attached hydrogens (tertiary/aromatic N) is 3. The second-order valence-corrected chi connectivity index (χ2v) is 9.55. The minimum Gasteiger partial charge on any atom is -0.369 e. The number of aromatic nitrogens is 1. The van der Waals surface area contributed by atoms with Crippen LogP contribution in [-0.2, 0) is 10.8 Å². The Labute approximate surface area is 153 Å². The third-order valence-corrected chi connectivity index (χ3v) is 5.24. The summed E-state index contributed by atoms with van der Waals surface area (Å²) in [7, 11) is 2.20. The number of fused-ring (bicyclic) bond motifs is 1. The molecule has 1 fully saturated rings.